The fourth-order valence-electron chi connectivity index (χ4n) is 2.52. The first-order valence-corrected chi connectivity index (χ1v) is 7.29. The Morgan fingerprint density at radius 3 is 2.64 bits per heavy atom. The first kappa shape index (κ1) is 14.1. The number of para-hydroxylation sites is 1. The third-order valence-electron chi connectivity index (χ3n) is 3.70. The number of anilines is 2. The fraction of sp³-hybridized carbons (Fsp3) is 0.235. The maximum absolute atomic E-state index is 12.2. The molecule has 0 atom stereocenters. The molecule has 1 aromatic heterocycles. The standard InChI is InChI=1S/C17H16N4O/c18-11-13-5-1-2-6-15(13)20-14-7-8-16(19-12-14)17(22)21-9-3-4-10-21/h1-2,5-8,12,20H,3-4,9-10H2. The molecule has 1 fully saturated rings. The molecule has 1 amide bonds. The molecule has 2 aromatic rings. The molecule has 0 unspecified atom stereocenters. The summed E-state index contributed by atoms with van der Waals surface area (Å²) in [6.45, 7) is 1.63. The summed E-state index contributed by atoms with van der Waals surface area (Å²) in [5, 5.41) is 12.2. The zero-order valence-electron chi connectivity index (χ0n) is 12.1. The third kappa shape index (κ3) is 2.91. The summed E-state index contributed by atoms with van der Waals surface area (Å²) in [6.07, 6.45) is 3.75. The van der Waals surface area contributed by atoms with Crippen molar-refractivity contribution in [1.29, 1.82) is 5.26 Å². The predicted octanol–water partition coefficient (Wildman–Crippen LogP) is 2.93. The van der Waals surface area contributed by atoms with Crippen LogP contribution in [0.5, 0.6) is 0 Å². The molecule has 22 heavy (non-hydrogen) atoms. The van der Waals surface area contributed by atoms with Crippen LogP contribution in [0.3, 0.4) is 0 Å². The monoisotopic (exact) mass is 292 g/mol. The highest BCUT2D eigenvalue weighted by atomic mass is 16.2. The van der Waals surface area contributed by atoms with Crippen molar-refractivity contribution >= 4 is 17.3 Å². The van der Waals surface area contributed by atoms with E-state index in [0.717, 1.165) is 37.3 Å². The Morgan fingerprint density at radius 2 is 1.95 bits per heavy atom. The van der Waals surface area contributed by atoms with E-state index in [2.05, 4.69) is 16.4 Å². The van der Waals surface area contributed by atoms with Gasteiger partial charge in [-0.05, 0) is 37.1 Å². The molecular formula is C17H16N4O. The molecule has 1 saturated heterocycles. The topological polar surface area (TPSA) is 69.0 Å². The van der Waals surface area contributed by atoms with Crippen LogP contribution < -0.4 is 5.32 Å². The lowest BCUT2D eigenvalue weighted by Crippen LogP contribution is -2.28. The Bertz CT molecular complexity index is 712. The van der Waals surface area contributed by atoms with Gasteiger partial charge in [0.2, 0.25) is 0 Å². The van der Waals surface area contributed by atoms with Gasteiger partial charge in [-0.2, -0.15) is 5.26 Å². The SMILES string of the molecule is N#Cc1ccccc1Nc1ccc(C(=O)N2CCCC2)nc1. The number of amides is 1. The second-order valence-electron chi connectivity index (χ2n) is 5.21. The van der Waals surface area contributed by atoms with E-state index in [1.807, 2.05) is 29.2 Å². The molecule has 5 heteroatoms. The van der Waals surface area contributed by atoms with Crippen LogP contribution in [-0.4, -0.2) is 28.9 Å². The summed E-state index contributed by atoms with van der Waals surface area (Å²) in [7, 11) is 0. The Balaban J connectivity index is 1.74. The Hall–Kier alpha value is -2.87. The maximum Gasteiger partial charge on any atom is 0.272 e. The summed E-state index contributed by atoms with van der Waals surface area (Å²) in [5.74, 6) is -0.0125. The smallest absolute Gasteiger partial charge is 0.272 e. The lowest BCUT2D eigenvalue weighted by Gasteiger charge is -2.14. The van der Waals surface area contributed by atoms with E-state index in [0.29, 0.717) is 11.3 Å². The van der Waals surface area contributed by atoms with Crippen molar-refractivity contribution in [3.05, 3.63) is 53.9 Å². The van der Waals surface area contributed by atoms with E-state index < -0.39 is 0 Å². The number of nitrogens with zero attached hydrogens (tertiary/aromatic N) is 3. The summed E-state index contributed by atoms with van der Waals surface area (Å²) in [6, 6.07) is 12.9. The minimum atomic E-state index is -0.0125. The van der Waals surface area contributed by atoms with Crippen LogP contribution in [0.2, 0.25) is 0 Å². The third-order valence-corrected chi connectivity index (χ3v) is 3.70. The minimum absolute atomic E-state index is 0.0125. The van der Waals surface area contributed by atoms with Gasteiger partial charge in [0.05, 0.1) is 23.1 Å². The average molecular weight is 292 g/mol. The normalized spacial score (nSPS) is 13.7. The summed E-state index contributed by atoms with van der Waals surface area (Å²) >= 11 is 0. The molecule has 2 heterocycles. The number of carbonyl (C=O) groups is 1. The lowest BCUT2D eigenvalue weighted by molar-refractivity contribution is 0.0787. The zero-order chi connectivity index (χ0) is 15.4. The molecule has 3 rings (SSSR count). The Morgan fingerprint density at radius 1 is 1.18 bits per heavy atom. The molecule has 0 radical (unpaired) electrons. The van der Waals surface area contributed by atoms with Crippen molar-refractivity contribution in [3.63, 3.8) is 0 Å². The second kappa shape index (κ2) is 6.27. The van der Waals surface area contributed by atoms with Crippen molar-refractivity contribution in [2.24, 2.45) is 0 Å². The van der Waals surface area contributed by atoms with Gasteiger partial charge in [0.25, 0.3) is 5.91 Å². The van der Waals surface area contributed by atoms with E-state index in [1.54, 1.807) is 18.3 Å². The summed E-state index contributed by atoms with van der Waals surface area (Å²) in [5.41, 5.74) is 2.51. The van der Waals surface area contributed by atoms with E-state index in [1.165, 1.54) is 0 Å². The van der Waals surface area contributed by atoms with E-state index >= 15 is 0 Å². The quantitative estimate of drug-likeness (QED) is 0.944. The van der Waals surface area contributed by atoms with Gasteiger partial charge in [-0.25, -0.2) is 4.98 Å². The van der Waals surface area contributed by atoms with Crippen LogP contribution in [0.25, 0.3) is 0 Å². The highest BCUT2D eigenvalue weighted by Gasteiger charge is 2.20. The largest absolute Gasteiger partial charge is 0.353 e. The van der Waals surface area contributed by atoms with Gasteiger partial charge in [-0.15, -0.1) is 0 Å². The Kier molecular flexibility index (Phi) is 4.01. The molecular weight excluding hydrogens is 276 g/mol. The molecule has 1 aliphatic heterocycles. The van der Waals surface area contributed by atoms with Gasteiger partial charge >= 0.3 is 0 Å². The number of likely N-dealkylation sites (tertiary alicyclic amines) is 1. The molecule has 0 aliphatic carbocycles. The molecule has 1 aromatic carbocycles. The fourth-order valence-corrected chi connectivity index (χ4v) is 2.52. The number of pyridine rings is 1. The van der Waals surface area contributed by atoms with Crippen LogP contribution in [0.1, 0.15) is 28.9 Å². The number of aromatic nitrogens is 1. The van der Waals surface area contributed by atoms with Gasteiger partial charge in [-0.1, -0.05) is 12.1 Å². The molecule has 1 aliphatic rings. The van der Waals surface area contributed by atoms with Gasteiger partial charge < -0.3 is 10.2 Å². The molecule has 110 valence electrons. The predicted molar refractivity (Wildman–Crippen MR) is 83.8 cm³/mol. The minimum Gasteiger partial charge on any atom is -0.353 e. The van der Waals surface area contributed by atoms with E-state index in [9.17, 15) is 4.79 Å². The number of rotatable bonds is 3. The summed E-state index contributed by atoms with van der Waals surface area (Å²) in [4.78, 5) is 18.3. The highest BCUT2D eigenvalue weighted by Crippen LogP contribution is 2.20. The number of hydrogen-bond donors (Lipinski definition) is 1. The van der Waals surface area contributed by atoms with Crippen LogP contribution >= 0.6 is 0 Å². The van der Waals surface area contributed by atoms with Crippen LogP contribution in [-0.2, 0) is 0 Å². The van der Waals surface area contributed by atoms with E-state index in [-0.39, 0.29) is 5.91 Å². The van der Waals surface area contributed by atoms with Crippen molar-refractivity contribution in [2.45, 2.75) is 12.8 Å². The number of hydrogen-bond acceptors (Lipinski definition) is 4. The van der Waals surface area contributed by atoms with Gasteiger partial charge in [0, 0.05) is 13.1 Å². The van der Waals surface area contributed by atoms with Gasteiger partial charge in [0.1, 0.15) is 11.8 Å². The molecule has 1 N–H and O–H groups in total. The first-order valence-electron chi connectivity index (χ1n) is 7.29. The van der Waals surface area contributed by atoms with Crippen LogP contribution in [0.4, 0.5) is 11.4 Å². The first-order chi connectivity index (χ1) is 10.8. The van der Waals surface area contributed by atoms with Gasteiger partial charge in [-0.3, -0.25) is 4.79 Å². The van der Waals surface area contributed by atoms with E-state index in [4.69, 9.17) is 5.26 Å². The van der Waals surface area contributed by atoms with Crippen LogP contribution in [0.15, 0.2) is 42.6 Å². The Labute approximate surface area is 129 Å². The van der Waals surface area contributed by atoms with Crippen molar-refractivity contribution in [3.8, 4) is 6.07 Å². The number of carbonyl (C=O) groups excluding carboxylic acids is 1. The zero-order valence-corrected chi connectivity index (χ0v) is 12.1. The number of nitrogens with one attached hydrogen (secondary N) is 1. The molecule has 5 nitrogen and oxygen atoms in total. The average Bonchev–Trinajstić information content (AvgIpc) is 3.10. The van der Waals surface area contributed by atoms with Gasteiger partial charge in [0.15, 0.2) is 0 Å². The number of nitriles is 1. The van der Waals surface area contributed by atoms with Crippen LogP contribution in [0, 0.1) is 11.3 Å². The maximum atomic E-state index is 12.2. The van der Waals surface area contributed by atoms with Crippen molar-refractivity contribution in [2.75, 3.05) is 18.4 Å². The molecule has 0 spiro atoms. The highest BCUT2D eigenvalue weighted by molar-refractivity contribution is 5.92. The second-order valence-corrected chi connectivity index (χ2v) is 5.21. The molecule has 0 bridgehead atoms. The van der Waals surface area contributed by atoms with Crippen molar-refractivity contribution < 1.29 is 4.79 Å². The lowest BCUT2D eigenvalue weighted by atomic mass is 10.2. The number of benzene rings is 1. The molecule has 0 saturated carbocycles. The van der Waals surface area contributed by atoms with Crippen molar-refractivity contribution in [1.82, 2.24) is 9.88 Å². The summed E-state index contributed by atoms with van der Waals surface area (Å²) < 4.78 is 0.